The molecule has 134 valence electrons. The zero-order valence-electron chi connectivity index (χ0n) is 16.1. The van der Waals surface area contributed by atoms with Crippen molar-refractivity contribution in [2.45, 2.75) is 13.8 Å². The summed E-state index contributed by atoms with van der Waals surface area (Å²) in [6.07, 6.45) is 1.93. The number of aromatic nitrogens is 1. The van der Waals surface area contributed by atoms with Gasteiger partial charge in [0.15, 0.2) is 0 Å². The first-order valence-corrected chi connectivity index (χ1v) is 9.66. The first kappa shape index (κ1) is 16.7. The predicted molar refractivity (Wildman–Crippen MR) is 120 cm³/mol. The maximum absolute atomic E-state index is 4.77. The van der Waals surface area contributed by atoms with Crippen molar-refractivity contribution in [1.29, 1.82) is 0 Å². The number of pyridine rings is 1. The van der Waals surface area contributed by atoms with Gasteiger partial charge in [-0.15, -0.1) is 0 Å². The summed E-state index contributed by atoms with van der Waals surface area (Å²) < 4.78 is 0. The third-order valence-corrected chi connectivity index (χ3v) is 5.54. The highest BCUT2D eigenvalue weighted by atomic mass is 14.7. The molecule has 0 saturated heterocycles. The monoisotopic (exact) mass is 359 g/mol. The van der Waals surface area contributed by atoms with E-state index in [9.17, 15) is 0 Å². The van der Waals surface area contributed by atoms with Crippen LogP contribution in [0, 0.1) is 13.8 Å². The van der Waals surface area contributed by atoms with E-state index in [2.05, 4.69) is 98.8 Å². The van der Waals surface area contributed by atoms with Crippen molar-refractivity contribution in [2.75, 3.05) is 0 Å². The van der Waals surface area contributed by atoms with Crippen LogP contribution in [0.25, 0.3) is 43.9 Å². The van der Waals surface area contributed by atoms with Crippen molar-refractivity contribution in [2.24, 2.45) is 0 Å². The molecule has 0 fully saturated rings. The zero-order chi connectivity index (χ0) is 19.1. The van der Waals surface area contributed by atoms with Crippen LogP contribution in [-0.4, -0.2) is 4.98 Å². The smallest absolute Gasteiger partial charge is 0.0780 e. The summed E-state index contributed by atoms with van der Waals surface area (Å²) >= 11 is 0. The lowest BCUT2D eigenvalue weighted by atomic mass is 9.91. The molecule has 0 unspecified atom stereocenters. The minimum Gasteiger partial charge on any atom is -0.256 e. The van der Waals surface area contributed by atoms with Crippen LogP contribution < -0.4 is 0 Å². The van der Waals surface area contributed by atoms with E-state index >= 15 is 0 Å². The molecule has 0 atom stereocenters. The van der Waals surface area contributed by atoms with Gasteiger partial charge < -0.3 is 0 Å². The Morgan fingerprint density at radius 1 is 0.571 bits per heavy atom. The SMILES string of the molecule is Cc1cc(-c2nccc3c2ccc2ccccc23)cc(C)c1-c1ccccc1. The van der Waals surface area contributed by atoms with E-state index in [1.165, 1.54) is 49.4 Å². The molecule has 0 bridgehead atoms. The van der Waals surface area contributed by atoms with Crippen LogP contribution in [0.5, 0.6) is 0 Å². The summed E-state index contributed by atoms with van der Waals surface area (Å²) in [5, 5.41) is 5.00. The van der Waals surface area contributed by atoms with Crippen molar-refractivity contribution in [3.8, 4) is 22.4 Å². The Hall–Kier alpha value is -3.45. The summed E-state index contributed by atoms with van der Waals surface area (Å²) in [6.45, 7) is 4.39. The third-order valence-electron chi connectivity index (χ3n) is 5.54. The van der Waals surface area contributed by atoms with Crippen LogP contribution in [0.2, 0.25) is 0 Å². The first-order valence-electron chi connectivity index (χ1n) is 9.66. The van der Waals surface area contributed by atoms with Gasteiger partial charge in [0, 0.05) is 17.1 Å². The molecule has 1 aromatic heterocycles. The van der Waals surface area contributed by atoms with Gasteiger partial charge in [-0.2, -0.15) is 0 Å². The van der Waals surface area contributed by atoms with Crippen molar-refractivity contribution >= 4 is 21.5 Å². The summed E-state index contributed by atoms with van der Waals surface area (Å²) in [6, 6.07) is 30.2. The average molecular weight is 359 g/mol. The molecule has 28 heavy (non-hydrogen) atoms. The maximum atomic E-state index is 4.77. The lowest BCUT2D eigenvalue weighted by Gasteiger charge is -2.14. The Kier molecular flexibility index (Phi) is 3.95. The van der Waals surface area contributed by atoms with E-state index in [-0.39, 0.29) is 0 Å². The number of fused-ring (bicyclic) bond motifs is 3. The topological polar surface area (TPSA) is 12.9 Å². The van der Waals surface area contributed by atoms with Crippen LogP contribution in [0.3, 0.4) is 0 Å². The first-order chi connectivity index (χ1) is 13.7. The molecular weight excluding hydrogens is 338 g/mol. The Balaban J connectivity index is 1.74. The van der Waals surface area contributed by atoms with Gasteiger partial charge >= 0.3 is 0 Å². The van der Waals surface area contributed by atoms with Crippen LogP contribution in [0.4, 0.5) is 0 Å². The quantitative estimate of drug-likeness (QED) is 0.300. The summed E-state index contributed by atoms with van der Waals surface area (Å²) in [4.78, 5) is 4.77. The molecule has 0 saturated carbocycles. The number of benzene rings is 4. The highest BCUT2D eigenvalue weighted by Gasteiger charge is 2.12. The largest absolute Gasteiger partial charge is 0.256 e. The average Bonchev–Trinajstić information content (AvgIpc) is 2.73. The molecule has 0 aliphatic rings. The van der Waals surface area contributed by atoms with Crippen LogP contribution in [0.15, 0.2) is 91.1 Å². The van der Waals surface area contributed by atoms with E-state index in [4.69, 9.17) is 4.98 Å². The molecule has 0 aliphatic carbocycles. The van der Waals surface area contributed by atoms with Crippen molar-refractivity contribution < 1.29 is 0 Å². The molecule has 5 aromatic rings. The van der Waals surface area contributed by atoms with Crippen LogP contribution in [0.1, 0.15) is 11.1 Å². The van der Waals surface area contributed by atoms with Gasteiger partial charge in [-0.3, -0.25) is 4.98 Å². The van der Waals surface area contributed by atoms with Gasteiger partial charge in [0.1, 0.15) is 0 Å². The standard InChI is InChI=1S/C27H21N/c1-18-16-22(17-19(2)26(18)21-9-4-3-5-10-21)27-25-13-12-20-8-6-7-11-23(20)24(25)14-15-28-27/h3-17H,1-2H3. The number of rotatable bonds is 2. The van der Waals surface area contributed by atoms with Crippen molar-refractivity contribution in [3.63, 3.8) is 0 Å². The molecule has 1 heteroatoms. The minimum absolute atomic E-state index is 1.05. The fraction of sp³-hybridized carbons (Fsp3) is 0.0741. The Labute approximate surface area is 165 Å². The van der Waals surface area contributed by atoms with E-state index < -0.39 is 0 Å². The second-order valence-electron chi connectivity index (χ2n) is 7.39. The van der Waals surface area contributed by atoms with Crippen LogP contribution in [-0.2, 0) is 0 Å². The molecule has 0 spiro atoms. The Morgan fingerprint density at radius 2 is 1.29 bits per heavy atom. The molecule has 1 nitrogen and oxygen atoms in total. The van der Waals surface area contributed by atoms with E-state index in [0.717, 1.165) is 5.69 Å². The molecule has 0 amide bonds. The molecule has 0 radical (unpaired) electrons. The highest BCUT2D eigenvalue weighted by molar-refractivity contribution is 6.11. The van der Waals surface area contributed by atoms with Gasteiger partial charge in [0.2, 0.25) is 0 Å². The van der Waals surface area contributed by atoms with Gasteiger partial charge in [-0.05, 0) is 70.5 Å². The van der Waals surface area contributed by atoms with Crippen LogP contribution >= 0.6 is 0 Å². The van der Waals surface area contributed by atoms with Gasteiger partial charge in [-0.25, -0.2) is 0 Å². The van der Waals surface area contributed by atoms with Gasteiger partial charge in [0.05, 0.1) is 5.69 Å². The number of nitrogens with zero attached hydrogens (tertiary/aromatic N) is 1. The second kappa shape index (κ2) is 6.61. The fourth-order valence-electron chi connectivity index (χ4n) is 4.33. The lowest BCUT2D eigenvalue weighted by Crippen LogP contribution is -1.93. The summed E-state index contributed by atoms with van der Waals surface area (Å²) in [5.41, 5.74) is 7.36. The molecule has 1 heterocycles. The Bertz CT molecular complexity index is 1290. The second-order valence-corrected chi connectivity index (χ2v) is 7.39. The maximum Gasteiger partial charge on any atom is 0.0780 e. The lowest BCUT2D eigenvalue weighted by molar-refractivity contribution is 1.32. The zero-order valence-corrected chi connectivity index (χ0v) is 16.1. The minimum atomic E-state index is 1.05. The predicted octanol–water partition coefficient (Wildman–Crippen LogP) is 7.34. The summed E-state index contributed by atoms with van der Waals surface area (Å²) in [7, 11) is 0. The molecule has 5 rings (SSSR count). The van der Waals surface area contributed by atoms with E-state index in [0.29, 0.717) is 0 Å². The van der Waals surface area contributed by atoms with Crippen molar-refractivity contribution in [3.05, 3.63) is 102 Å². The van der Waals surface area contributed by atoms with E-state index in [1.54, 1.807) is 0 Å². The molecule has 0 N–H and O–H groups in total. The molecule has 4 aromatic carbocycles. The third kappa shape index (κ3) is 2.68. The highest BCUT2D eigenvalue weighted by Crippen LogP contribution is 2.35. The summed E-state index contributed by atoms with van der Waals surface area (Å²) in [5.74, 6) is 0. The fourth-order valence-corrected chi connectivity index (χ4v) is 4.33. The normalized spacial score (nSPS) is 11.2. The van der Waals surface area contributed by atoms with E-state index in [1.807, 2.05) is 6.20 Å². The number of hydrogen-bond donors (Lipinski definition) is 0. The van der Waals surface area contributed by atoms with Crippen molar-refractivity contribution in [1.82, 2.24) is 4.98 Å². The van der Waals surface area contributed by atoms with Gasteiger partial charge in [0.25, 0.3) is 0 Å². The van der Waals surface area contributed by atoms with Gasteiger partial charge in [-0.1, -0.05) is 66.7 Å². The number of hydrogen-bond acceptors (Lipinski definition) is 1. The molecule has 0 aliphatic heterocycles. The number of aryl methyl sites for hydroxylation is 2. The Morgan fingerprint density at radius 3 is 2.07 bits per heavy atom. The molecular formula is C27H21N.